The van der Waals surface area contributed by atoms with E-state index in [0.717, 1.165) is 0 Å². The third kappa shape index (κ3) is 3.58. The zero-order chi connectivity index (χ0) is 19.4. The van der Waals surface area contributed by atoms with Crippen molar-refractivity contribution in [1.82, 2.24) is 20.6 Å². The predicted octanol–water partition coefficient (Wildman–Crippen LogP) is 2.01. The molecule has 138 valence electrons. The smallest absolute Gasteiger partial charge is 0.355 e. The number of aromatic nitrogens is 4. The number of nitrogens with one attached hydrogen (secondary N) is 1. The maximum Gasteiger partial charge on any atom is 0.355 e. The van der Waals surface area contributed by atoms with Crippen molar-refractivity contribution >= 4 is 29.2 Å². The van der Waals surface area contributed by atoms with E-state index >= 15 is 0 Å². The van der Waals surface area contributed by atoms with Gasteiger partial charge in [-0.05, 0) is 35.6 Å². The van der Waals surface area contributed by atoms with Crippen molar-refractivity contribution in [1.29, 1.82) is 0 Å². The monoisotopic (exact) mass is 387 g/mol. The molecule has 2 heterocycles. The number of carbonyl (C=O) groups is 2. The van der Waals surface area contributed by atoms with E-state index in [1.807, 2.05) is 0 Å². The fourth-order valence-corrected chi connectivity index (χ4v) is 2.69. The number of allylic oxidation sites excluding steroid dienone is 2. The maximum atomic E-state index is 12.5. The molecule has 2 aromatic rings. The topological polar surface area (TPSA) is 110 Å². The summed E-state index contributed by atoms with van der Waals surface area (Å²) >= 11 is 6.17. The minimum atomic E-state index is -0.731. The second-order valence-electron chi connectivity index (χ2n) is 5.21. The molecule has 10 heteroatoms. The summed E-state index contributed by atoms with van der Waals surface area (Å²) in [4.78, 5) is 26.3. The van der Waals surface area contributed by atoms with Gasteiger partial charge in [0.05, 0.1) is 25.5 Å². The standard InChI is InChI=1S/C17H14ClN5O4/c1-26-16(24)12-5-3-4-8-23(14(12)17(25)27-2)13-9-10(18)6-7-11(13)15-19-21-22-20-15/h3-9H,1-2H3,(H,19,20,21,22). The molecule has 0 spiro atoms. The average Bonchev–Trinajstić information content (AvgIpc) is 3.12. The molecule has 0 amide bonds. The van der Waals surface area contributed by atoms with Crippen LogP contribution in [0.4, 0.5) is 5.69 Å². The molecule has 0 saturated carbocycles. The number of esters is 2. The first-order valence-corrected chi connectivity index (χ1v) is 8.03. The summed E-state index contributed by atoms with van der Waals surface area (Å²) in [7, 11) is 2.45. The number of methoxy groups -OCH3 is 2. The third-order valence-electron chi connectivity index (χ3n) is 3.69. The highest BCUT2D eigenvalue weighted by Gasteiger charge is 2.29. The van der Waals surface area contributed by atoms with Crippen molar-refractivity contribution < 1.29 is 19.1 Å². The van der Waals surface area contributed by atoms with E-state index in [4.69, 9.17) is 21.1 Å². The molecule has 0 radical (unpaired) electrons. The summed E-state index contributed by atoms with van der Waals surface area (Å²) in [5, 5.41) is 14.3. The number of rotatable bonds is 4. The molecule has 3 rings (SSSR count). The summed E-state index contributed by atoms with van der Waals surface area (Å²) in [6, 6.07) is 4.95. The Morgan fingerprint density at radius 1 is 1.15 bits per heavy atom. The van der Waals surface area contributed by atoms with E-state index in [0.29, 0.717) is 16.3 Å². The highest BCUT2D eigenvalue weighted by atomic mass is 35.5. The molecule has 0 fully saturated rings. The number of carbonyl (C=O) groups excluding carboxylic acids is 2. The van der Waals surface area contributed by atoms with Crippen LogP contribution in [-0.2, 0) is 19.1 Å². The predicted molar refractivity (Wildman–Crippen MR) is 96.4 cm³/mol. The summed E-state index contributed by atoms with van der Waals surface area (Å²) in [6.45, 7) is 0. The molecule has 0 bridgehead atoms. The molecule has 0 atom stereocenters. The summed E-state index contributed by atoms with van der Waals surface area (Å²) in [5.74, 6) is -1.13. The van der Waals surface area contributed by atoms with Crippen LogP contribution in [0, 0.1) is 0 Å². The van der Waals surface area contributed by atoms with Crippen LogP contribution in [0.1, 0.15) is 0 Å². The number of nitrogens with zero attached hydrogens (tertiary/aromatic N) is 4. The van der Waals surface area contributed by atoms with Crippen molar-refractivity contribution in [3.63, 3.8) is 0 Å². The quantitative estimate of drug-likeness (QED) is 0.793. The Balaban J connectivity index is 2.27. The van der Waals surface area contributed by atoms with Gasteiger partial charge in [-0.25, -0.2) is 9.59 Å². The van der Waals surface area contributed by atoms with Gasteiger partial charge in [-0.3, -0.25) is 0 Å². The maximum absolute atomic E-state index is 12.5. The number of benzene rings is 1. The summed E-state index contributed by atoms with van der Waals surface area (Å²) < 4.78 is 9.69. The normalized spacial score (nSPS) is 13.5. The fourth-order valence-electron chi connectivity index (χ4n) is 2.52. The Kier molecular flexibility index (Phi) is 5.32. The average molecular weight is 388 g/mol. The van der Waals surface area contributed by atoms with Crippen molar-refractivity contribution in [2.24, 2.45) is 0 Å². The second kappa shape index (κ2) is 7.83. The molecular formula is C17H14ClN5O4. The van der Waals surface area contributed by atoms with Crippen LogP contribution in [0.3, 0.4) is 0 Å². The second-order valence-corrected chi connectivity index (χ2v) is 5.65. The number of aromatic amines is 1. The van der Waals surface area contributed by atoms with E-state index in [2.05, 4.69) is 20.6 Å². The van der Waals surface area contributed by atoms with E-state index in [1.165, 1.54) is 25.2 Å². The van der Waals surface area contributed by atoms with E-state index in [-0.39, 0.29) is 17.1 Å². The number of H-pyrrole nitrogens is 1. The fraction of sp³-hybridized carbons (Fsp3) is 0.118. The first-order chi connectivity index (χ1) is 13.1. The Bertz CT molecular complexity index is 966. The lowest BCUT2D eigenvalue weighted by molar-refractivity contribution is -0.139. The van der Waals surface area contributed by atoms with Crippen LogP contribution in [0.2, 0.25) is 5.02 Å². The molecule has 0 saturated heterocycles. The molecule has 1 aliphatic rings. The van der Waals surface area contributed by atoms with Gasteiger partial charge in [-0.1, -0.05) is 17.7 Å². The van der Waals surface area contributed by atoms with Gasteiger partial charge in [0.1, 0.15) is 5.70 Å². The van der Waals surface area contributed by atoms with Gasteiger partial charge >= 0.3 is 11.9 Å². The molecule has 0 aliphatic carbocycles. The summed E-state index contributed by atoms with van der Waals surface area (Å²) in [5.41, 5.74) is 0.964. The van der Waals surface area contributed by atoms with Crippen LogP contribution < -0.4 is 4.90 Å². The highest BCUT2D eigenvalue weighted by molar-refractivity contribution is 6.31. The zero-order valence-electron chi connectivity index (χ0n) is 14.3. The van der Waals surface area contributed by atoms with Gasteiger partial charge in [0.25, 0.3) is 0 Å². The van der Waals surface area contributed by atoms with E-state index in [1.54, 1.807) is 36.6 Å². The van der Waals surface area contributed by atoms with Crippen LogP contribution in [0.25, 0.3) is 11.4 Å². The Morgan fingerprint density at radius 3 is 2.59 bits per heavy atom. The Hall–Kier alpha value is -3.46. The molecule has 9 nitrogen and oxygen atoms in total. The van der Waals surface area contributed by atoms with Gasteiger partial charge in [-0.15, -0.1) is 10.2 Å². The minimum Gasteiger partial charge on any atom is -0.465 e. The Labute approximate surface area is 158 Å². The number of ether oxygens (including phenoxy) is 2. The lowest BCUT2D eigenvalue weighted by Crippen LogP contribution is -2.27. The number of hydrogen-bond acceptors (Lipinski definition) is 8. The minimum absolute atomic E-state index is 0.0217. The van der Waals surface area contributed by atoms with Gasteiger partial charge in [0.2, 0.25) is 5.82 Å². The molecular weight excluding hydrogens is 374 g/mol. The van der Waals surface area contributed by atoms with Crippen LogP contribution in [-0.4, -0.2) is 46.8 Å². The third-order valence-corrected chi connectivity index (χ3v) is 3.93. The largest absolute Gasteiger partial charge is 0.465 e. The molecule has 1 N–H and O–H groups in total. The number of tetrazole rings is 1. The highest BCUT2D eigenvalue weighted by Crippen LogP contribution is 2.35. The van der Waals surface area contributed by atoms with Crippen molar-refractivity contribution in [2.45, 2.75) is 0 Å². The molecule has 1 aromatic heterocycles. The van der Waals surface area contributed by atoms with E-state index < -0.39 is 11.9 Å². The van der Waals surface area contributed by atoms with Crippen LogP contribution >= 0.6 is 11.6 Å². The zero-order valence-corrected chi connectivity index (χ0v) is 15.1. The molecule has 0 unspecified atom stereocenters. The number of anilines is 1. The molecule has 27 heavy (non-hydrogen) atoms. The first kappa shape index (κ1) is 18.3. The Morgan fingerprint density at radius 2 is 1.93 bits per heavy atom. The van der Waals surface area contributed by atoms with Crippen molar-refractivity contribution in [3.8, 4) is 11.4 Å². The number of hydrogen-bond donors (Lipinski definition) is 1. The van der Waals surface area contributed by atoms with E-state index in [9.17, 15) is 9.59 Å². The lowest BCUT2D eigenvalue weighted by atomic mass is 10.1. The lowest BCUT2D eigenvalue weighted by Gasteiger charge is -2.24. The SMILES string of the molecule is COC(=O)C1=C(C(=O)OC)N(c2cc(Cl)ccc2-c2nn[nH]n2)C=CC=C1. The van der Waals surface area contributed by atoms with Crippen molar-refractivity contribution in [3.05, 3.63) is 58.9 Å². The first-order valence-electron chi connectivity index (χ1n) is 7.65. The summed E-state index contributed by atoms with van der Waals surface area (Å²) in [6.07, 6.45) is 6.31. The van der Waals surface area contributed by atoms with Crippen LogP contribution in [0.15, 0.2) is 53.9 Å². The van der Waals surface area contributed by atoms with Gasteiger partial charge in [0.15, 0.2) is 0 Å². The number of halogens is 1. The van der Waals surface area contributed by atoms with Gasteiger partial charge in [0, 0.05) is 16.8 Å². The van der Waals surface area contributed by atoms with Crippen molar-refractivity contribution in [2.75, 3.05) is 19.1 Å². The van der Waals surface area contributed by atoms with Gasteiger partial charge in [-0.2, -0.15) is 5.21 Å². The molecule has 1 aromatic carbocycles. The molecule has 1 aliphatic heterocycles. The van der Waals surface area contributed by atoms with Crippen LogP contribution in [0.5, 0.6) is 0 Å². The van der Waals surface area contributed by atoms with Gasteiger partial charge < -0.3 is 14.4 Å².